The standard InChI is InChI=1S/C16H23BrN2S/c1-3-11-4-7-13(8-5-11)19(2)15-10-12(17)6-9-14(15)16(18)20/h6,9-11,13H,3-5,7-8H2,1-2H3,(H2,18,20). The second kappa shape index (κ2) is 6.90. The molecule has 20 heavy (non-hydrogen) atoms. The average molecular weight is 355 g/mol. The lowest BCUT2D eigenvalue weighted by Gasteiger charge is -2.36. The van der Waals surface area contributed by atoms with E-state index < -0.39 is 0 Å². The molecule has 2 nitrogen and oxygen atoms in total. The minimum absolute atomic E-state index is 0.474. The predicted octanol–water partition coefficient (Wildman–Crippen LogP) is 4.49. The van der Waals surface area contributed by atoms with Crippen molar-refractivity contribution in [2.24, 2.45) is 11.7 Å². The lowest BCUT2D eigenvalue weighted by molar-refractivity contribution is 0.313. The fourth-order valence-electron chi connectivity index (χ4n) is 3.14. The summed E-state index contributed by atoms with van der Waals surface area (Å²) >= 11 is 8.73. The van der Waals surface area contributed by atoms with Gasteiger partial charge in [-0.05, 0) is 49.8 Å². The van der Waals surface area contributed by atoms with Gasteiger partial charge in [-0.15, -0.1) is 0 Å². The van der Waals surface area contributed by atoms with Gasteiger partial charge in [0.15, 0.2) is 0 Å². The fraction of sp³-hybridized carbons (Fsp3) is 0.562. The molecule has 1 aromatic rings. The Bertz CT molecular complexity index is 481. The van der Waals surface area contributed by atoms with E-state index in [1.807, 2.05) is 12.1 Å². The summed E-state index contributed by atoms with van der Waals surface area (Å²) in [6, 6.07) is 6.73. The van der Waals surface area contributed by atoms with Gasteiger partial charge in [-0.25, -0.2) is 0 Å². The van der Waals surface area contributed by atoms with E-state index in [0.29, 0.717) is 11.0 Å². The van der Waals surface area contributed by atoms with Gasteiger partial charge in [-0.1, -0.05) is 41.5 Å². The van der Waals surface area contributed by atoms with Gasteiger partial charge in [0, 0.05) is 28.8 Å². The first-order valence-corrected chi connectivity index (χ1v) is 8.55. The molecule has 2 rings (SSSR count). The van der Waals surface area contributed by atoms with E-state index in [4.69, 9.17) is 18.0 Å². The van der Waals surface area contributed by atoms with Gasteiger partial charge >= 0.3 is 0 Å². The molecule has 1 aromatic carbocycles. The molecule has 0 spiro atoms. The fourth-order valence-corrected chi connectivity index (χ4v) is 3.66. The van der Waals surface area contributed by atoms with Crippen molar-refractivity contribution in [3.05, 3.63) is 28.2 Å². The highest BCUT2D eigenvalue weighted by atomic mass is 79.9. The molecule has 1 aliphatic rings. The second-order valence-corrected chi connectivity index (χ2v) is 7.07. The van der Waals surface area contributed by atoms with Crippen molar-refractivity contribution in [3.8, 4) is 0 Å². The quantitative estimate of drug-likeness (QED) is 0.807. The highest BCUT2D eigenvalue weighted by Crippen LogP contribution is 2.33. The highest BCUT2D eigenvalue weighted by molar-refractivity contribution is 9.10. The highest BCUT2D eigenvalue weighted by Gasteiger charge is 2.24. The van der Waals surface area contributed by atoms with Crippen LogP contribution in [0, 0.1) is 5.92 Å². The molecule has 0 aromatic heterocycles. The normalized spacial score (nSPS) is 22.6. The number of hydrogen-bond donors (Lipinski definition) is 1. The van der Waals surface area contributed by atoms with E-state index in [2.05, 4.69) is 40.9 Å². The van der Waals surface area contributed by atoms with Gasteiger partial charge < -0.3 is 10.6 Å². The average Bonchev–Trinajstić information content (AvgIpc) is 2.46. The van der Waals surface area contributed by atoms with Crippen molar-refractivity contribution < 1.29 is 0 Å². The summed E-state index contributed by atoms with van der Waals surface area (Å²) in [6.45, 7) is 2.30. The first-order valence-electron chi connectivity index (χ1n) is 7.35. The van der Waals surface area contributed by atoms with E-state index in [1.54, 1.807) is 0 Å². The lowest BCUT2D eigenvalue weighted by atomic mass is 9.84. The first-order chi connectivity index (χ1) is 9.52. The van der Waals surface area contributed by atoms with Crippen LogP contribution >= 0.6 is 28.1 Å². The van der Waals surface area contributed by atoms with Crippen molar-refractivity contribution in [1.29, 1.82) is 0 Å². The Balaban J connectivity index is 2.18. The Labute approximate surface area is 135 Å². The Kier molecular flexibility index (Phi) is 5.44. The smallest absolute Gasteiger partial charge is 0.106 e. The van der Waals surface area contributed by atoms with Gasteiger partial charge in [-0.2, -0.15) is 0 Å². The number of nitrogens with two attached hydrogens (primary N) is 1. The maximum atomic E-state index is 5.87. The van der Waals surface area contributed by atoms with Crippen molar-refractivity contribution in [1.82, 2.24) is 0 Å². The SMILES string of the molecule is CCC1CCC(N(C)c2cc(Br)ccc2C(N)=S)CC1. The van der Waals surface area contributed by atoms with Gasteiger partial charge in [0.1, 0.15) is 4.99 Å². The van der Waals surface area contributed by atoms with Crippen LogP contribution in [-0.2, 0) is 0 Å². The Morgan fingerprint density at radius 3 is 2.55 bits per heavy atom. The third kappa shape index (κ3) is 3.53. The Hall–Kier alpha value is -0.610. The van der Waals surface area contributed by atoms with E-state index in [1.165, 1.54) is 32.1 Å². The predicted molar refractivity (Wildman–Crippen MR) is 94.5 cm³/mol. The van der Waals surface area contributed by atoms with Crippen LogP contribution in [0.15, 0.2) is 22.7 Å². The van der Waals surface area contributed by atoms with Crippen LogP contribution in [0.2, 0.25) is 0 Å². The van der Waals surface area contributed by atoms with Crippen LogP contribution in [0.25, 0.3) is 0 Å². The molecule has 0 heterocycles. The molecule has 2 N–H and O–H groups in total. The molecule has 4 heteroatoms. The van der Waals surface area contributed by atoms with Crippen LogP contribution in [0.3, 0.4) is 0 Å². The summed E-state index contributed by atoms with van der Waals surface area (Å²) in [5.41, 5.74) is 7.99. The molecule has 1 fully saturated rings. The van der Waals surface area contributed by atoms with E-state index in [9.17, 15) is 0 Å². The van der Waals surface area contributed by atoms with E-state index in [0.717, 1.165) is 21.6 Å². The molecular formula is C16H23BrN2S. The summed E-state index contributed by atoms with van der Waals surface area (Å²) in [5.74, 6) is 0.914. The monoisotopic (exact) mass is 354 g/mol. The first kappa shape index (κ1) is 15.8. The Morgan fingerprint density at radius 2 is 2.00 bits per heavy atom. The minimum atomic E-state index is 0.474. The van der Waals surface area contributed by atoms with Gasteiger partial charge in [0.2, 0.25) is 0 Å². The van der Waals surface area contributed by atoms with E-state index >= 15 is 0 Å². The zero-order chi connectivity index (χ0) is 14.7. The summed E-state index contributed by atoms with van der Waals surface area (Å²) in [5, 5.41) is 0. The maximum absolute atomic E-state index is 5.87. The molecule has 0 amide bonds. The molecule has 110 valence electrons. The summed E-state index contributed by atoms with van der Waals surface area (Å²) < 4.78 is 1.07. The van der Waals surface area contributed by atoms with Crippen molar-refractivity contribution in [3.63, 3.8) is 0 Å². The van der Waals surface area contributed by atoms with Gasteiger partial charge in [-0.3, -0.25) is 0 Å². The third-order valence-corrected chi connectivity index (χ3v) is 5.26. The van der Waals surface area contributed by atoms with Crippen molar-refractivity contribution in [2.45, 2.75) is 45.1 Å². The molecular weight excluding hydrogens is 332 g/mol. The number of rotatable bonds is 4. The molecule has 0 atom stereocenters. The number of nitrogens with zero attached hydrogens (tertiary/aromatic N) is 1. The molecule has 0 unspecified atom stereocenters. The zero-order valence-corrected chi connectivity index (χ0v) is 14.6. The molecule has 0 bridgehead atoms. The second-order valence-electron chi connectivity index (χ2n) is 5.72. The number of halogens is 1. The van der Waals surface area contributed by atoms with Crippen LogP contribution in [0.5, 0.6) is 0 Å². The molecule has 0 radical (unpaired) electrons. The molecule has 0 aliphatic heterocycles. The number of anilines is 1. The van der Waals surface area contributed by atoms with Gasteiger partial charge in [0.25, 0.3) is 0 Å². The summed E-state index contributed by atoms with van der Waals surface area (Å²) in [4.78, 5) is 2.84. The largest absolute Gasteiger partial charge is 0.389 e. The third-order valence-electron chi connectivity index (χ3n) is 4.55. The molecule has 0 saturated heterocycles. The number of hydrogen-bond acceptors (Lipinski definition) is 2. The van der Waals surface area contributed by atoms with Gasteiger partial charge in [0.05, 0.1) is 0 Å². The number of thiocarbonyl (C=S) groups is 1. The van der Waals surface area contributed by atoms with E-state index in [-0.39, 0.29) is 0 Å². The maximum Gasteiger partial charge on any atom is 0.106 e. The van der Waals surface area contributed by atoms with Crippen molar-refractivity contribution in [2.75, 3.05) is 11.9 Å². The topological polar surface area (TPSA) is 29.3 Å². The van der Waals surface area contributed by atoms with Crippen molar-refractivity contribution >= 4 is 38.8 Å². The zero-order valence-electron chi connectivity index (χ0n) is 12.2. The minimum Gasteiger partial charge on any atom is -0.389 e. The molecule has 1 saturated carbocycles. The number of benzene rings is 1. The molecule has 1 aliphatic carbocycles. The summed E-state index contributed by atoms with van der Waals surface area (Å²) in [7, 11) is 2.17. The van der Waals surface area contributed by atoms with Crippen LogP contribution < -0.4 is 10.6 Å². The van der Waals surface area contributed by atoms with Crippen LogP contribution in [0.4, 0.5) is 5.69 Å². The van der Waals surface area contributed by atoms with Crippen LogP contribution in [0.1, 0.15) is 44.6 Å². The lowest BCUT2D eigenvalue weighted by Crippen LogP contribution is -2.36. The Morgan fingerprint density at radius 1 is 1.35 bits per heavy atom. The summed E-state index contributed by atoms with van der Waals surface area (Å²) in [6.07, 6.45) is 6.51. The van der Waals surface area contributed by atoms with Crippen LogP contribution in [-0.4, -0.2) is 18.1 Å².